The zero-order valence-electron chi connectivity index (χ0n) is 15.0. The number of aryl methyl sites for hydroxylation is 2. The van der Waals surface area contributed by atoms with Crippen LogP contribution < -0.4 is 5.32 Å². The van der Waals surface area contributed by atoms with Gasteiger partial charge in [-0.1, -0.05) is 48.0 Å². The molecule has 3 rings (SSSR count). The van der Waals surface area contributed by atoms with Gasteiger partial charge in [-0.3, -0.25) is 9.69 Å². The molecular formula is C21H26N2O2. The highest BCUT2D eigenvalue weighted by molar-refractivity contribution is 5.95. The Hall–Kier alpha value is -2.17. The second-order valence-electron chi connectivity index (χ2n) is 6.60. The normalized spacial score (nSPS) is 16.4. The zero-order valence-corrected chi connectivity index (χ0v) is 15.0. The summed E-state index contributed by atoms with van der Waals surface area (Å²) in [7, 11) is 0. The SMILES string of the molecule is Cc1ccc([C@@H](CNC(=O)c2ccccc2C)N2CCOCC2)cc1. The molecule has 2 aromatic rings. The van der Waals surface area contributed by atoms with Crippen LogP contribution >= 0.6 is 0 Å². The number of hydrogen-bond donors (Lipinski definition) is 1. The van der Waals surface area contributed by atoms with Gasteiger partial charge in [-0.25, -0.2) is 0 Å². The van der Waals surface area contributed by atoms with Crippen LogP contribution in [0.3, 0.4) is 0 Å². The summed E-state index contributed by atoms with van der Waals surface area (Å²) in [6.45, 7) is 7.91. The van der Waals surface area contributed by atoms with E-state index in [4.69, 9.17) is 4.74 Å². The third-order valence-corrected chi connectivity index (χ3v) is 4.79. The van der Waals surface area contributed by atoms with Crippen molar-refractivity contribution in [3.8, 4) is 0 Å². The average Bonchev–Trinajstić information content (AvgIpc) is 2.64. The Bertz CT molecular complexity index is 706. The van der Waals surface area contributed by atoms with Crippen molar-refractivity contribution in [1.82, 2.24) is 10.2 Å². The number of hydrogen-bond acceptors (Lipinski definition) is 3. The lowest BCUT2D eigenvalue weighted by molar-refractivity contribution is 0.0162. The maximum atomic E-state index is 12.6. The van der Waals surface area contributed by atoms with E-state index in [0.29, 0.717) is 6.54 Å². The van der Waals surface area contributed by atoms with Gasteiger partial charge in [0, 0.05) is 25.2 Å². The standard InChI is InChI=1S/C21H26N2O2/c1-16-7-9-18(10-8-16)20(23-11-13-25-14-12-23)15-22-21(24)19-6-4-3-5-17(19)2/h3-10,20H,11-15H2,1-2H3,(H,22,24)/t20-/m1/s1. The number of nitrogens with zero attached hydrogens (tertiary/aromatic N) is 1. The Balaban J connectivity index is 1.74. The van der Waals surface area contributed by atoms with Crippen LogP contribution in [0.4, 0.5) is 0 Å². The van der Waals surface area contributed by atoms with E-state index in [1.165, 1.54) is 11.1 Å². The topological polar surface area (TPSA) is 41.6 Å². The highest BCUT2D eigenvalue weighted by Gasteiger charge is 2.23. The molecule has 0 unspecified atom stereocenters. The van der Waals surface area contributed by atoms with E-state index in [9.17, 15) is 4.79 Å². The fourth-order valence-corrected chi connectivity index (χ4v) is 3.25. The first kappa shape index (κ1) is 17.6. The summed E-state index contributed by atoms with van der Waals surface area (Å²) in [6.07, 6.45) is 0. The van der Waals surface area contributed by atoms with Crippen LogP contribution in [0.15, 0.2) is 48.5 Å². The average molecular weight is 338 g/mol. The molecule has 1 saturated heterocycles. The van der Waals surface area contributed by atoms with E-state index >= 15 is 0 Å². The first-order valence-corrected chi connectivity index (χ1v) is 8.87. The molecule has 1 amide bonds. The van der Waals surface area contributed by atoms with E-state index in [-0.39, 0.29) is 11.9 Å². The molecule has 2 aromatic carbocycles. The fraction of sp³-hybridized carbons (Fsp3) is 0.381. The van der Waals surface area contributed by atoms with Gasteiger partial charge in [0.05, 0.1) is 19.3 Å². The second-order valence-corrected chi connectivity index (χ2v) is 6.60. The molecule has 1 aliphatic heterocycles. The number of morpholine rings is 1. The van der Waals surface area contributed by atoms with Gasteiger partial charge in [0.15, 0.2) is 0 Å². The summed E-state index contributed by atoms with van der Waals surface area (Å²) in [5.74, 6) is -0.0107. The van der Waals surface area contributed by atoms with Gasteiger partial charge in [0.25, 0.3) is 5.91 Å². The van der Waals surface area contributed by atoms with Gasteiger partial charge in [-0.15, -0.1) is 0 Å². The van der Waals surface area contributed by atoms with Crippen molar-refractivity contribution in [3.63, 3.8) is 0 Å². The molecule has 4 nitrogen and oxygen atoms in total. The van der Waals surface area contributed by atoms with Crippen LogP contribution in [0, 0.1) is 13.8 Å². The summed E-state index contributed by atoms with van der Waals surface area (Å²) in [6, 6.07) is 16.4. The van der Waals surface area contributed by atoms with Crippen molar-refractivity contribution in [2.75, 3.05) is 32.8 Å². The fourth-order valence-electron chi connectivity index (χ4n) is 3.25. The molecule has 1 heterocycles. The zero-order chi connectivity index (χ0) is 17.6. The van der Waals surface area contributed by atoms with Crippen molar-refractivity contribution in [1.29, 1.82) is 0 Å². The number of benzene rings is 2. The highest BCUT2D eigenvalue weighted by Crippen LogP contribution is 2.22. The number of rotatable bonds is 5. The van der Waals surface area contributed by atoms with Crippen LogP contribution in [-0.2, 0) is 4.74 Å². The van der Waals surface area contributed by atoms with E-state index in [1.807, 2.05) is 31.2 Å². The lowest BCUT2D eigenvalue weighted by atomic mass is 10.0. The third-order valence-electron chi connectivity index (χ3n) is 4.79. The smallest absolute Gasteiger partial charge is 0.251 e. The molecule has 0 aromatic heterocycles. The second kappa shape index (κ2) is 8.28. The number of carbonyl (C=O) groups excluding carboxylic acids is 1. The van der Waals surface area contributed by atoms with E-state index < -0.39 is 0 Å². The molecule has 4 heteroatoms. The summed E-state index contributed by atoms with van der Waals surface area (Å²) >= 11 is 0. The Morgan fingerprint density at radius 3 is 2.44 bits per heavy atom. The van der Waals surface area contributed by atoms with Crippen molar-refractivity contribution >= 4 is 5.91 Å². The minimum atomic E-state index is -0.0107. The number of nitrogens with one attached hydrogen (secondary N) is 1. The van der Waals surface area contributed by atoms with Gasteiger partial charge in [0.2, 0.25) is 0 Å². The molecule has 132 valence electrons. The molecule has 0 saturated carbocycles. The minimum absolute atomic E-state index is 0.0107. The molecule has 0 aliphatic carbocycles. The molecule has 1 aliphatic rings. The van der Waals surface area contributed by atoms with Crippen molar-refractivity contribution < 1.29 is 9.53 Å². The van der Waals surface area contributed by atoms with Crippen molar-refractivity contribution in [2.24, 2.45) is 0 Å². The van der Waals surface area contributed by atoms with Gasteiger partial charge in [-0.2, -0.15) is 0 Å². The molecule has 25 heavy (non-hydrogen) atoms. The van der Waals surface area contributed by atoms with Crippen molar-refractivity contribution in [2.45, 2.75) is 19.9 Å². The summed E-state index contributed by atoms with van der Waals surface area (Å²) in [4.78, 5) is 15.0. The van der Waals surface area contributed by atoms with E-state index in [0.717, 1.165) is 37.4 Å². The number of carbonyl (C=O) groups is 1. The lowest BCUT2D eigenvalue weighted by Gasteiger charge is -2.35. The third kappa shape index (κ3) is 4.47. The molecule has 0 spiro atoms. The molecule has 1 atom stereocenters. The quantitative estimate of drug-likeness (QED) is 0.911. The first-order chi connectivity index (χ1) is 12.1. The molecule has 1 fully saturated rings. The van der Waals surface area contributed by atoms with Crippen LogP contribution in [0.5, 0.6) is 0 Å². The van der Waals surface area contributed by atoms with Crippen LogP contribution in [-0.4, -0.2) is 43.7 Å². The molecular weight excluding hydrogens is 312 g/mol. The molecule has 1 N–H and O–H groups in total. The summed E-state index contributed by atoms with van der Waals surface area (Å²) in [5, 5.41) is 3.13. The lowest BCUT2D eigenvalue weighted by Crippen LogP contribution is -2.43. The van der Waals surface area contributed by atoms with Crippen LogP contribution in [0.25, 0.3) is 0 Å². The predicted molar refractivity (Wildman–Crippen MR) is 99.8 cm³/mol. The number of ether oxygens (including phenoxy) is 1. The highest BCUT2D eigenvalue weighted by atomic mass is 16.5. The van der Waals surface area contributed by atoms with Gasteiger partial charge in [-0.05, 0) is 31.0 Å². The van der Waals surface area contributed by atoms with E-state index in [1.54, 1.807) is 0 Å². The molecule has 0 bridgehead atoms. The Morgan fingerprint density at radius 2 is 1.76 bits per heavy atom. The van der Waals surface area contributed by atoms with Crippen LogP contribution in [0.2, 0.25) is 0 Å². The monoisotopic (exact) mass is 338 g/mol. The Labute approximate surface area is 149 Å². The Morgan fingerprint density at radius 1 is 1.08 bits per heavy atom. The van der Waals surface area contributed by atoms with E-state index in [2.05, 4.69) is 41.4 Å². The summed E-state index contributed by atoms with van der Waals surface area (Å²) < 4.78 is 5.49. The van der Waals surface area contributed by atoms with Crippen molar-refractivity contribution in [3.05, 3.63) is 70.8 Å². The molecule has 0 radical (unpaired) electrons. The van der Waals surface area contributed by atoms with Gasteiger partial charge < -0.3 is 10.1 Å². The maximum Gasteiger partial charge on any atom is 0.251 e. The Kier molecular flexibility index (Phi) is 5.84. The van der Waals surface area contributed by atoms with Crippen LogP contribution in [0.1, 0.15) is 33.1 Å². The maximum absolute atomic E-state index is 12.6. The first-order valence-electron chi connectivity index (χ1n) is 8.87. The summed E-state index contributed by atoms with van der Waals surface area (Å²) in [5.41, 5.74) is 4.22. The predicted octanol–water partition coefficient (Wildman–Crippen LogP) is 3.11. The van der Waals surface area contributed by atoms with Gasteiger partial charge in [0.1, 0.15) is 0 Å². The number of amides is 1. The van der Waals surface area contributed by atoms with Gasteiger partial charge >= 0.3 is 0 Å². The largest absolute Gasteiger partial charge is 0.379 e. The minimum Gasteiger partial charge on any atom is -0.379 e.